The van der Waals surface area contributed by atoms with Crippen molar-refractivity contribution in [3.63, 3.8) is 0 Å². The summed E-state index contributed by atoms with van der Waals surface area (Å²) in [6.45, 7) is 6.28. The van der Waals surface area contributed by atoms with Crippen LogP contribution in [-0.2, 0) is 9.59 Å². The Kier molecular flexibility index (Phi) is 4.82. The first kappa shape index (κ1) is 17.5. The van der Waals surface area contributed by atoms with Crippen molar-refractivity contribution >= 4 is 34.8 Å². The van der Waals surface area contributed by atoms with Crippen molar-refractivity contribution in [2.24, 2.45) is 5.92 Å². The number of hydrogen-bond acceptors (Lipinski definition) is 2. The molecule has 2 amide bonds. The standard InChI is InChI=1S/C20H21ClN2O2/c1-12-4-5-14(3)18(8-12)23-11-15(9-19(23)24)20(25)22-17-10-16(21)7-6-13(17)2/h4-8,10,15H,9,11H2,1-3H3,(H,22,25)/t15-/m0/s1. The summed E-state index contributed by atoms with van der Waals surface area (Å²) in [4.78, 5) is 26.8. The number of carbonyl (C=O) groups is 2. The monoisotopic (exact) mass is 356 g/mol. The van der Waals surface area contributed by atoms with Crippen molar-refractivity contribution in [3.05, 3.63) is 58.1 Å². The van der Waals surface area contributed by atoms with Crippen LogP contribution in [0.4, 0.5) is 11.4 Å². The Morgan fingerprint density at radius 3 is 2.60 bits per heavy atom. The molecule has 1 aliphatic heterocycles. The summed E-state index contributed by atoms with van der Waals surface area (Å²) in [5.74, 6) is -0.533. The lowest BCUT2D eigenvalue weighted by Gasteiger charge is -2.20. The van der Waals surface area contributed by atoms with E-state index in [0.717, 1.165) is 22.4 Å². The van der Waals surface area contributed by atoms with Crippen LogP contribution < -0.4 is 10.2 Å². The molecule has 5 heteroatoms. The van der Waals surface area contributed by atoms with E-state index in [0.29, 0.717) is 17.3 Å². The summed E-state index contributed by atoms with van der Waals surface area (Å²) in [6, 6.07) is 11.4. The first-order chi connectivity index (χ1) is 11.8. The van der Waals surface area contributed by atoms with Crippen molar-refractivity contribution in [1.82, 2.24) is 0 Å². The molecule has 0 aliphatic carbocycles. The lowest BCUT2D eigenvalue weighted by molar-refractivity contribution is -0.122. The first-order valence-electron chi connectivity index (χ1n) is 8.30. The van der Waals surface area contributed by atoms with E-state index in [1.54, 1.807) is 17.0 Å². The van der Waals surface area contributed by atoms with Gasteiger partial charge in [0, 0.05) is 29.4 Å². The lowest BCUT2D eigenvalue weighted by Crippen LogP contribution is -2.28. The molecule has 0 spiro atoms. The normalized spacial score (nSPS) is 17.0. The largest absolute Gasteiger partial charge is 0.325 e. The van der Waals surface area contributed by atoms with Crippen LogP contribution >= 0.6 is 11.6 Å². The third-order valence-corrected chi connectivity index (χ3v) is 4.84. The van der Waals surface area contributed by atoms with Crippen molar-refractivity contribution in [3.8, 4) is 0 Å². The number of amides is 2. The fourth-order valence-electron chi connectivity index (χ4n) is 3.09. The zero-order chi connectivity index (χ0) is 18.1. The van der Waals surface area contributed by atoms with Crippen molar-refractivity contribution in [2.45, 2.75) is 27.2 Å². The van der Waals surface area contributed by atoms with Gasteiger partial charge >= 0.3 is 0 Å². The van der Waals surface area contributed by atoms with Crippen molar-refractivity contribution < 1.29 is 9.59 Å². The molecule has 0 aromatic heterocycles. The van der Waals surface area contributed by atoms with E-state index in [2.05, 4.69) is 5.32 Å². The molecule has 0 radical (unpaired) electrons. The summed E-state index contributed by atoms with van der Waals surface area (Å²) >= 11 is 6.00. The molecule has 1 saturated heterocycles. The number of halogens is 1. The summed E-state index contributed by atoms with van der Waals surface area (Å²) in [6.07, 6.45) is 0.221. The van der Waals surface area contributed by atoms with E-state index >= 15 is 0 Å². The maximum atomic E-state index is 12.6. The number of benzene rings is 2. The molecular formula is C20H21ClN2O2. The molecule has 2 aromatic rings. The number of aryl methyl sites for hydroxylation is 3. The summed E-state index contributed by atoms with van der Waals surface area (Å²) in [5, 5.41) is 3.48. The van der Waals surface area contributed by atoms with Crippen LogP contribution in [0.3, 0.4) is 0 Å². The van der Waals surface area contributed by atoms with Crippen LogP contribution in [0.25, 0.3) is 0 Å². The van der Waals surface area contributed by atoms with Gasteiger partial charge in [-0.1, -0.05) is 29.8 Å². The van der Waals surface area contributed by atoms with Gasteiger partial charge < -0.3 is 10.2 Å². The minimum atomic E-state index is -0.370. The van der Waals surface area contributed by atoms with E-state index in [1.165, 1.54) is 0 Å². The van der Waals surface area contributed by atoms with E-state index in [1.807, 2.05) is 45.0 Å². The van der Waals surface area contributed by atoms with E-state index in [-0.39, 0.29) is 24.2 Å². The molecule has 1 heterocycles. The fourth-order valence-corrected chi connectivity index (χ4v) is 3.26. The maximum Gasteiger partial charge on any atom is 0.229 e. The molecule has 25 heavy (non-hydrogen) atoms. The van der Waals surface area contributed by atoms with Crippen molar-refractivity contribution in [1.29, 1.82) is 0 Å². The van der Waals surface area contributed by atoms with E-state index in [4.69, 9.17) is 11.6 Å². The summed E-state index contributed by atoms with van der Waals surface area (Å²) < 4.78 is 0. The molecule has 1 atom stereocenters. The minimum Gasteiger partial charge on any atom is -0.325 e. The van der Waals surface area contributed by atoms with Crippen LogP contribution in [0.5, 0.6) is 0 Å². The Hall–Kier alpha value is -2.33. The van der Waals surface area contributed by atoms with Gasteiger partial charge in [-0.3, -0.25) is 9.59 Å². The third kappa shape index (κ3) is 3.69. The number of hydrogen-bond donors (Lipinski definition) is 1. The molecule has 1 fully saturated rings. The SMILES string of the molecule is Cc1ccc(C)c(N2C[C@@H](C(=O)Nc3cc(Cl)ccc3C)CC2=O)c1. The van der Waals surface area contributed by atoms with Crippen LogP contribution in [-0.4, -0.2) is 18.4 Å². The Bertz CT molecular complexity index is 848. The second-order valence-corrected chi connectivity index (χ2v) is 7.08. The van der Waals surface area contributed by atoms with Gasteiger partial charge in [-0.25, -0.2) is 0 Å². The second kappa shape index (κ2) is 6.89. The Balaban J connectivity index is 1.77. The van der Waals surface area contributed by atoms with Gasteiger partial charge in [-0.05, 0) is 55.7 Å². The zero-order valence-corrected chi connectivity index (χ0v) is 15.4. The quantitative estimate of drug-likeness (QED) is 0.893. The molecule has 1 N–H and O–H groups in total. The second-order valence-electron chi connectivity index (χ2n) is 6.64. The number of nitrogens with zero attached hydrogens (tertiary/aromatic N) is 1. The van der Waals surface area contributed by atoms with E-state index in [9.17, 15) is 9.59 Å². The molecule has 0 unspecified atom stereocenters. The van der Waals surface area contributed by atoms with Gasteiger partial charge in [0.1, 0.15) is 0 Å². The van der Waals surface area contributed by atoms with Gasteiger partial charge in [-0.2, -0.15) is 0 Å². The molecule has 2 aromatic carbocycles. The highest BCUT2D eigenvalue weighted by Crippen LogP contribution is 2.30. The highest BCUT2D eigenvalue weighted by molar-refractivity contribution is 6.31. The van der Waals surface area contributed by atoms with Crippen LogP contribution in [0.1, 0.15) is 23.1 Å². The lowest BCUT2D eigenvalue weighted by atomic mass is 10.1. The average Bonchev–Trinajstić information content (AvgIpc) is 2.95. The molecule has 0 saturated carbocycles. The molecule has 1 aliphatic rings. The Morgan fingerprint density at radius 2 is 1.84 bits per heavy atom. The molecule has 130 valence electrons. The molecular weight excluding hydrogens is 336 g/mol. The topological polar surface area (TPSA) is 49.4 Å². The average molecular weight is 357 g/mol. The van der Waals surface area contributed by atoms with Crippen LogP contribution in [0.2, 0.25) is 5.02 Å². The predicted octanol–water partition coefficient (Wildman–Crippen LogP) is 4.26. The summed E-state index contributed by atoms with van der Waals surface area (Å²) in [5.41, 5.74) is 4.64. The maximum absolute atomic E-state index is 12.6. The number of anilines is 2. The number of nitrogens with one attached hydrogen (secondary N) is 1. The fraction of sp³-hybridized carbons (Fsp3) is 0.300. The van der Waals surface area contributed by atoms with Gasteiger partial charge in [0.15, 0.2) is 0 Å². The smallest absolute Gasteiger partial charge is 0.229 e. The number of rotatable bonds is 3. The molecule has 0 bridgehead atoms. The minimum absolute atomic E-state index is 0.0170. The van der Waals surface area contributed by atoms with Crippen LogP contribution in [0.15, 0.2) is 36.4 Å². The first-order valence-corrected chi connectivity index (χ1v) is 8.67. The van der Waals surface area contributed by atoms with Crippen LogP contribution in [0, 0.1) is 26.7 Å². The Labute approximate surface area is 152 Å². The van der Waals surface area contributed by atoms with E-state index < -0.39 is 0 Å². The Morgan fingerprint density at radius 1 is 1.12 bits per heavy atom. The van der Waals surface area contributed by atoms with Gasteiger partial charge in [0.2, 0.25) is 11.8 Å². The number of carbonyl (C=O) groups excluding carboxylic acids is 2. The third-order valence-electron chi connectivity index (χ3n) is 4.61. The summed E-state index contributed by atoms with van der Waals surface area (Å²) in [7, 11) is 0. The predicted molar refractivity (Wildman–Crippen MR) is 101 cm³/mol. The van der Waals surface area contributed by atoms with Gasteiger partial charge in [0.05, 0.1) is 5.92 Å². The van der Waals surface area contributed by atoms with Crippen molar-refractivity contribution in [2.75, 3.05) is 16.8 Å². The van der Waals surface area contributed by atoms with Gasteiger partial charge in [-0.15, -0.1) is 0 Å². The highest BCUT2D eigenvalue weighted by Gasteiger charge is 2.35. The molecule has 3 rings (SSSR count). The van der Waals surface area contributed by atoms with Gasteiger partial charge in [0.25, 0.3) is 0 Å². The molecule has 4 nitrogen and oxygen atoms in total. The zero-order valence-electron chi connectivity index (χ0n) is 14.6. The highest BCUT2D eigenvalue weighted by atomic mass is 35.5.